The van der Waals surface area contributed by atoms with Crippen molar-refractivity contribution in [1.29, 1.82) is 0 Å². The van der Waals surface area contributed by atoms with Crippen LogP contribution in [0.4, 0.5) is 0 Å². The van der Waals surface area contributed by atoms with Crippen LogP contribution in [0.2, 0.25) is 5.02 Å². The highest BCUT2D eigenvalue weighted by Crippen LogP contribution is 2.35. The molecule has 1 aliphatic rings. The van der Waals surface area contributed by atoms with E-state index in [1.165, 1.54) is 19.3 Å². The van der Waals surface area contributed by atoms with Crippen molar-refractivity contribution in [2.24, 2.45) is 0 Å². The van der Waals surface area contributed by atoms with Gasteiger partial charge in [-0.05, 0) is 31.9 Å². The van der Waals surface area contributed by atoms with Crippen LogP contribution in [-0.4, -0.2) is 26.8 Å². The molecule has 0 aromatic heterocycles. The second-order valence-electron chi connectivity index (χ2n) is 4.65. The number of halogens is 1. The van der Waals surface area contributed by atoms with Crippen LogP contribution >= 0.6 is 11.6 Å². The van der Waals surface area contributed by atoms with E-state index in [0.29, 0.717) is 16.8 Å². The molecule has 1 N–H and O–H groups in total. The van der Waals surface area contributed by atoms with Gasteiger partial charge < -0.3 is 14.8 Å². The molecule has 1 aromatic carbocycles. The van der Waals surface area contributed by atoms with Crippen molar-refractivity contribution in [3.63, 3.8) is 0 Å². The lowest BCUT2D eigenvalue weighted by Gasteiger charge is -2.24. The topological polar surface area (TPSA) is 30.5 Å². The van der Waals surface area contributed by atoms with Crippen LogP contribution in [0.3, 0.4) is 0 Å². The number of piperidine rings is 1. The van der Waals surface area contributed by atoms with E-state index in [4.69, 9.17) is 21.1 Å². The lowest BCUT2D eigenvalue weighted by atomic mass is 9.97. The summed E-state index contributed by atoms with van der Waals surface area (Å²) in [6.45, 7) is 1.10. The summed E-state index contributed by atoms with van der Waals surface area (Å²) in [6, 6.07) is 4.27. The van der Waals surface area contributed by atoms with E-state index in [-0.39, 0.29) is 0 Å². The van der Waals surface area contributed by atoms with Gasteiger partial charge in [-0.1, -0.05) is 18.0 Å². The zero-order chi connectivity index (χ0) is 13.0. The van der Waals surface area contributed by atoms with Gasteiger partial charge in [-0.2, -0.15) is 0 Å². The maximum Gasteiger partial charge on any atom is 0.164 e. The number of methoxy groups -OCH3 is 2. The van der Waals surface area contributed by atoms with E-state index >= 15 is 0 Å². The van der Waals surface area contributed by atoms with Gasteiger partial charge in [0.05, 0.1) is 14.2 Å². The number of hydrogen-bond donors (Lipinski definition) is 1. The predicted molar refractivity (Wildman–Crippen MR) is 73.9 cm³/mol. The van der Waals surface area contributed by atoms with Crippen LogP contribution in [0.25, 0.3) is 0 Å². The number of rotatable bonds is 4. The van der Waals surface area contributed by atoms with Crippen molar-refractivity contribution in [2.75, 3.05) is 20.8 Å². The molecule has 1 atom stereocenters. The minimum atomic E-state index is 0.510. The maximum atomic E-state index is 6.12. The van der Waals surface area contributed by atoms with E-state index in [2.05, 4.69) is 5.32 Å². The quantitative estimate of drug-likeness (QED) is 0.911. The summed E-state index contributed by atoms with van der Waals surface area (Å²) < 4.78 is 10.8. The van der Waals surface area contributed by atoms with Crippen molar-refractivity contribution in [3.05, 3.63) is 22.7 Å². The molecule has 0 spiro atoms. The van der Waals surface area contributed by atoms with Crippen LogP contribution in [0.5, 0.6) is 11.5 Å². The molecule has 1 aliphatic heterocycles. The van der Waals surface area contributed by atoms with Crippen molar-refractivity contribution < 1.29 is 9.47 Å². The highest BCUT2D eigenvalue weighted by Gasteiger charge is 2.18. The van der Waals surface area contributed by atoms with Gasteiger partial charge in [0.2, 0.25) is 0 Å². The van der Waals surface area contributed by atoms with Crippen LogP contribution in [0.15, 0.2) is 12.1 Å². The summed E-state index contributed by atoms with van der Waals surface area (Å²) >= 11 is 6.12. The average Bonchev–Trinajstić information content (AvgIpc) is 2.39. The van der Waals surface area contributed by atoms with E-state index < -0.39 is 0 Å². The fraction of sp³-hybridized carbons (Fsp3) is 0.571. The van der Waals surface area contributed by atoms with Gasteiger partial charge in [-0.15, -0.1) is 0 Å². The Morgan fingerprint density at radius 1 is 1.28 bits per heavy atom. The second-order valence-corrected chi connectivity index (χ2v) is 5.09. The minimum Gasteiger partial charge on any atom is -0.493 e. The number of ether oxygens (including phenoxy) is 2. The Hall–Kier alpha value is -0.930. The molecule has 1 saturated heterocycles. The molecule has 1 fully saturated rings. The lowest BCUT2D eigenvalue weighted by Crippen LogP contribution is -2.35. The fourth-order valence-corrected chi connectivity index (χ4v) is 2.75. The van der Waals surface area contributed by atoms with E-state index in [1.807, 2.05) is 6.07 Å². The molecule has 0 bridgehead atoms. The van der Waals surface area contributed by atoms with E-state index in [1.54, 1.807) is 20.3 Å². The summed E-state index contributed by atoms with van der Waals surface area (Å²) in [5.41, 5.74) is 1.11. The molecule has 1 aromatic rings. The van der Waals surface area contributed by atoms with Gasteiger partial charge in [-0.25, -0.2) is 0 Å². The van der Waals surface area contributed by atoms with Crippen molar-refractivity contribution in [1.82, 2.24) is 5.32 Å². The molecule has 0 saturated carbocycles. The first kappa shape index (κ1) is 13.5. The predicted octanol–water partition coefficient (Wildman–Crippen LogP) is 3.04. The van der Waals surface area contributed by atoms with Gasteiger partial charge in [0, 0.05) is 22.7 Å². The first-order valence-electron chi connectivity index (χ1n) is 6.38. The standard InChI is InChI=1S/C14H20ClNO2/c1-17-13-9-11(15)7-10(14(13)18-2)8-12-5-3-4-6-16-12/h7,9,12,16H,3-6,8H2,1-2H3. The molecule has 0 radical (unpaired) electrons. The fourth-order valence-electron chi connectivity index (χ4n) is 2.52. The summed E-state index contributed by atoms with van der Waals surface area (Å²) in [5.74, 6) is 1.50. The van der Waals surface area contributed by atoms with Crippen LogP contribution in [-0.2, 0) is 6.42 Å². The van der Waals surface area contributed by atoms with Gasteiger partial charge in [0.1, 0.15) is 0 Å². The van der Waals surface area contributed by atoms with Crippen molar-refractivity contribution in [3.8, 4) is 11.5 Å². The van der Waals surface area contributed by atoms with Gasteiger partial charge >= 0.3 is 0 Å². The largest absolute Gasteiger partial charge is 0.493 e. The Balaban J connectivity index is 2.21. The Kier molecular flexibility index (Phi) is 4.72. The normalized spacial score (nSPS) is 19.6. The monoisotopic (exact) mass is 269 g/mol. The molecule has 3 nitrogen and oxygen atoms in total. The Bertz CT molecular complexity index is 403. The molecule has 4 heteroatoms. The summed E-state index contributed by atoms with van der Waals surface area (Å²) in [4.78, 5) is 0. The molecule has 100 valence electrons. The molecular formula is C14H20ClNO2. The SMILES string of the molecule is COc1cc(Cl)cc(CC2CCCCN2)c1OC. The summed E-state index contributed by atoms with van der Waals surface area (Å²) in [7, 11) is 3.31. The van der Waals surface area contributed by atoms with Crippen molar-refractivity contribution in [2.45, 2.75) is 31.7 Å². The van der Waals surface area contributed by atoms with Gasteiger partial charge in [-0.3, -0.25) is 0 Å². The first-order chi connectivity index (χ1) is 8.74. The second kappa shape index (κ2) is 6.30. The number of benzene rings is 1. The van der Waals surface area contributed by atoms with Crippen LogP contribution in [0, 0.1) is 0 Å². The van der Waals surface area contributed by atoms with E-state index in [0.717, 1.165) is 24.3 Å². The third-order valence-corrected chi connectivity index (χ3v) is 3.62. The molecule has 1 unspecified atom stereocenters. The van der Waals surface area contributed by atoms with Crippen molar-refractivity contribution >= 4 is 11.6 Å². The lowest BCUT2D eigenvalue weighted by molar-refractivity contribution is 0.345. The highest BCUT2D eigenvalue weighted by atomic mass is 35.5. The number of hydrogen-bond acceptors (Lipinski definition) is 3. The van der Waals surface area contributed by atoms with Gasteiger partial charge in [0.15, 0.2) is 11.5 Å². The Morgan fingerprint density at radius 2 is 2.11 bits per heavy atom. The smallest absolute Gasteiger partial charge is 0.164 e. The summed E-state index contributed by atoms with van der Waals surface area (Å²) in [6.07, 6.45) is 4.70. The zero-order valence-corrected chi connectivity index (χ0v) is 11.7. The van der Waals surface area contributed by atoms with Crippen LogP contribution in [0.1, 0.15) is 24.8 Å². The number of nitrogens with one attached hydrogen (secondary N) is 1. The van der Waals surface area contributed by atoms with E-state index in [9.17, 15) is 0 Å². The average molecular weight is 270 g/mol. The molecule has 0 amide bonds. The minimum absolute atomic E-state index is 0.510. The molecule has 2 rings (SSSR count). The molecule has 18 heavy (non-hydrogen) atoms. The third kappa shape index (κ3) is 3.09. The molecule has 0 aliphatic carbocycles. The highest BCUT2D eigenvalue weighted by molar-refractivity contribution is 6.30. The molecule has 1 heterocycles. The first-order valence-corrected chi connectivity index (χ1v) is 6.76. The molecular weight excluding hydrogens is 250 g/mol. The summed E-state index contributed by atoms with van der Waals surface area (Å²) in [5, 5.41) is 4.23. The van der Waals surface area contributed by atoms with Crippen LogP contribution < -0.4 is 14.8 Å². The maximum absolute atomic E-state index is 6.12. The Labute approximate surface area is 113 Å². The Morgan fingerprint density at radius 3 is 2.72 bits per heavy atom. The van der Waals surface area contributed by atoms with Gasteiger partial charge in [0.25, 0.3) is 0 Å². The zero-order valence-electron chi connectivity index (χ0n) is 11.0. The third-order valence-electron chi connectivity index (χ3n) is 3.40.